The van der Waals surface area contributed by atoms with Crippen LogP contribution in [0.5, 0.6) is 0 Å². The summed E-state index contributed by atoms with van der Waals surface area (Å²) in [5, 5.41) is 23.8. The van der Waals surface area contributed by atoms with Gasteiger partial charge in [0.1, 0.15) is 12.6 Å². The number of aliphatic carboxylic acids is 1. The Morgan fingerprint density at radius 2 is 1.65 bits per heavy atom. The maximum Gasteiger partial charge on any atom is 0.309 e. The van der Waals surface area contributed by atoms with Gasteiger partial charge in [-0.3, -0.25) is 24.0 Å². The fourth-order valence-electron chi connectivity index (χ4n) is 13.5. The van der Waals surface area contributed by atoms with E-state index in [1.807, 2.05) is 0 Å². The van der Waals surface area contributed by atoms with E-state index in [4.69, 9.17) is 10.5 Å². The van der Waals surface area contributed by atoms with E-state index in [1.165, 1.54) is 4.68 Å². The highest BCUT2D eigenvalue weighted by molar-refractivity contribution is 5.84. The maximum absolute atomic E-state index is 13.3. The van der Waals surface area contributed by atoms with Gasteiger partial charge in [0.15, 0.2) is 0 Å². The molecule has 13 nitrogen and oxygen atoms in total. The van der Waals surface area contributed by atoms with Crippen molar-refractivity contribution in [1.29, 1.82) is 0 Å². The maximum atomic E-state index is 13.3. The Kier molecular flexibility index (Phi) is 11.1. The minimum absolute atomic E-state index is 0.00889. The number of hydrogen-bond donors (Lipinski definition) is 4. The minimum Gasteiger partial charge on any atom is -0.481 e. The SMILES string of the molecule is C=C(C)[C@@H]1CC[C@]2(C(=O)O)CC[C@]3(C)[C@H](CC[C@@H]4[C@@]5(C)CC[C@H](OC(=O)CCc6cn(CC(=O)NCCC(=O)NCC(N)=O)nn6)C(C)(C)[C@@H]5CC[C@]43C)[C@@H]12. The molecule has 55 heavy (non-hydrogen) atoms. The van der Waals surface area contributed by atoms with E-state index >= 15 is 0 Å². The van der Waals surface area contributed by atoms with Crippen molar-refractivity contribution < 1.29 is 33.8 Å². The fourth-order valence-corrected chi connectivity index (χ4v) is 13.5. The second-order valence-electron chi connectivity index (χ2n) is 19.2. The molecule has 6 rings (SSSR count). The monoisotopic (exact) mass is 764 g/mol. The van der Waals surface area contributed by atoms with Crippen LogP contribution in [0, 0.1) is 56.7 Å². The van der Waals surface area contributed by atoms with Gasteiger partial charge in [-0.2, -0.15) is 0 Å². The molecule has 0 unspecified atom stereocenters. The van der Waals surface area contributed by atoms with Crippen LogP contribution in [0.1, 0.15) is 124 Å². The number of nitrogens with one attached hydrogen (secondary N) is 2. The minimum atomic E-state index is -0.642. The Hall–Kier alpha value is -3.77. The predicted octanol–water partition coefficient (Wildman–Crippen LogP) is 4.97. The number of nitrogens with two attached hydrogens (primary N) is 1. The van der Waals surface area contributed by atoms with Gasteiger partial charge in [-0.15, -0.1) is 5.10 Å². The summed E-state index contributed by atoms with van der Waals surface area (Å²) in [7, 11) is 0. The van der Waals surface area contributed by atoms with Gasteiger partial charge in [-0.25, -0.2) is 4.68 Å². The third-order valence-corrected chi connectivity index (χ3v) is 16.3. The average Bonchev–Trinajstić information content (AvgIpc) is 3.73. The van der Waals surface area contributed by atoms with Crippen LogP contribution in [0.4, 0.5) is 0 Å². The molecule has 1 heterocycles. The lowest BCUT2D eigenvalue weighted by Crippen LogP contribution is -2.67. The first kappa shape index (κ1) is 40.9. The van der Waals surface area contributed by atoms with Crippen LogP contribution in [0.15, 0.2) is 18.3 Å². The number of allylic oxidation sites excluding steroid dienone is 1. The summed E-state index contributed by atoms with van der Waals surface area (Å²) in [6, 6.07) is 0. The zero-order valence-electron chi connectivity index (χ0n) is 33.9. The largest absolute Gasteiger partial charge is 0.481 e. The lowest BCUT2D eigenvalue weighted by atomic mass is 9.32. The molecule has 0 aromatic carbocycles. The van der Waals surface area contributed by atoms with Crippen molar-refractivity contribution in [1.82, 2.24) is 25.6 Å². The van der Waals surface area contributed by atoms with Gasteiger partial charge in [-0.05, 0) is 117 Å². The number of nitrogens with zero attached hydrogens (tertiary/aromatic N) is 3. The van der Waals surface area contributed by atoms with Crippen molar-refractivity contribution in [2.24, 2.45) is 62.4 Å². The Bertz CT molecular complexity index is 1710. The number of hydrogen-bond acceptors (Lipinski definition) is 8. The van der Waals surface area contributed by atoms with Crippen molar-refractivity contribution in [2.75, 3.05) is 13.1 Å². The summed E-state index contributed by atoms with van der Waals surface area (Å²) >= 11 is 0. The van der Waals surface area contributed by atoms with E-state index in [0.29, 0.717) is 29.9 Å². The number of ether oxygens (including phenoxy) is 1. The zero-order valence-corrected chi connectivity index (χ0v) is 33.9. The highest BCUT2D eigenvalue weighted by Crippen LogP contribution is 2.77. The molecular weight excluding hydrogens is 700 g/mol. The van der Waals surface area contributed by atoms with Crippen molar-refractivity contribution in [3.05, 3.63) is 24.0 Å². The lowest BCUT2D eigenvalue weighted by molar-refractivity contribution is -0.250. The number of carboxylic acid groups (broad SMARTS) is 1. The Morgan fingerprint density at radius 3 is 2.35 bits per heavy atom. The summed E-state index contributed by atoms with van der Waals surface area (Å²) < 4.78 is 7.68. The number of carbonyl (C=O) groups is 5. The summed E-state index contributed by atoms with van der Waals surface area (Å²) in [6.07, 6.45) is 11.6. The van der Waals surface area contributed by atoms with Gasteiger partial charge in [0.2, 0.25) is 17.7 Å². The van der Waals surface area contributed by atoms with Gasteiger partial charge in [0.05, 0.1) is 24.1 Å². The number of carboxylic acids is 1. The molecule has 5 saturated carbocycles. The molecule has 0 aliphatic heterocycles. The molecule has 5 aliphatic carbocycles. The molecule has 0 saturated heterocycles. The highest BCUT2D eigenvalue weighted by atomic mass is 16.5. The van der Waals surface area contributed by atoms with E-state index in [0.717, 1.165) is 69.8 Å². The summed E-state index contributed by atoms with van der Waals surface area (Å²) in [5.74, 6) is -0.482. The van der Waals surface area contributed by atoms with E-state index in [9.17, 15) is 29.1 Å². The number of rotatable bonds is 13. The molecule has 5 N–H and O–H groups in total. The Morgan fingerprint density at radius 1 is 0.909 bits per heavy atom. The van der Waals surface area contributed by atoms with Gasteiger partial charge >= 0.3 is 11.9 Å². The predicted molar refractivity (Wildman–Crippen MR) is 205 cm³/mol. The average molecular weight is 765 g/mol. The number of esters is 1. The first-order valence-electron chi connectivity index (χ1n) is 20.6. The molecular formula is C42H64N6O7. The highest BCUT2D eigenvalue weighted by Gasteiger charge is 2.72. The molecule has 5 aliphatic rings. The number of primary amides is 1. The molecule has 5 fully saturated rings. The molecule has 1 aromatic rings. The quantitative estimate of drug-likeness (QED) is 0.158. The third kappa shape index (κ3) is 7.11. The lowest BCUT2D eigenvalue weighted by Gasteiger charge is -2.72. The van der Waals surface area contributed by atoms with Crippen LogP contribution in [0.3, 0.4) is 0 Å². The summed E-state index contributed by atoms with van der Waals surface area (Å²) in [6.45, 7) is 18.4. The molecule has 1 aromatic heterocycles. The Balaban J connectivity index is 1.05. The van der Waals surface area contributed by atoms with Gasteiger partial charge < -0.3 is 26.2 Å². The second kappa shape index (κ2) is 15.0. The molecule has 0 radical (unpaired) electrons. The molecule has 10 atom stereocenters. The van der Waals surface area contributed by atoms with Gasteiger partial charge in [0, 0.05) is 31.0 Å². The number of amides is 3. The topological polar surface area (TPSA) is 196 Å². The smallest absolute Gasteiger partial charge is 0.309 e. The van der Waals surface area contributed by atoms with Crippen LogP contribution < -0.4 is 16.4 Å². The van der Waals surface area contributed by atoms with Crippen molar-refractivity contribution in [3.63, 3.8) is 0 Å². The molecule has 0 bridgehead atoms. The van der Waals surface area contributed by atoms with E-state index in [2.05, 4.69) is 69.1 Å². The van der Waals surface area contributed by atoms with Gasteiger partial charge in [-0.1, -0.05) is 52.0 Å². The van der Waals surface area contributed by atoms with Crippen LogP contribution in [0.25, 0.3) is 0 Å². The fraction of sp³-hybridized carbons (Fsp3) is 0.786. The number of fused-ring (bicyclic) bond motifs is 7. The second-order valence-corrected chi connectivity index (χ2v) is 19.2. The van der Waals surface area contributed by atoms with Crippen LogP contribution in [0.2, 0.25) is 0 Å². The molecule has 304 valence electrons. The number of aryl methyl sites for hydroxylation is 1. The van der Waals surface area contributed by atoms with Gasteiger partial charge in [0.25, 0.3) is 0 Å². The molecule has 3 amide bonds. The third-order valence-electron chi connectivity index (χ3n) is 16.3. The van der Waals surface area contributed by atoms with Crippen LogP contribution >= 0.6 is 0 Å². The summed E-state index contributed by atoms with van der Waals surface area (Å²) in [4.78, 5) is 61.1. The standard InChI is InChI=1S/C42H64N6O7/c1-25(2)27-12-18-42(37(53)54)20-19-40(6)28(36(27)42)9-10-30-39(5)16-14-31(38(3,4)29(39)13-17-41(30,40)7)55-35(52)11-8-26-23-48(47-46-26)24-34(51)44-21-15-33(50)45-22-32(43)49/h23,27-31,36H,1,8-22,24H2,2-7H3,(H2,43,49)(H,44,51)(H,45,50)(H,53,54)/t27-,28+,29-,30+,31-,36+,39-,40+,41+,42-/m0/s1. The molecule has 13 heteroatoms. The summed E-state index contributed by atoms with van der Waals surface area (Å²) in [5.41, 5.74) is 6.19. The number of carbonyl (C=O) groups excluding carboxylic acids is 4. The zero-order chi connectivity index (χ0) is 40.1. The first-order valence-corrected chi connectivity index (χ1v) is 20.6. The van der Waals surface area contributed by atoms with E-state index < -0.39 is 23.2 Å². The number of aromatic nitrogens is 3. The normalized spacial score (nSPS) is 37.3. The first-order chi connectivity index (χ1) is 25.8. The Labute approximate surface area is 325 Å². The van der Waals surface area contributed by atoms with Crippen molar-refractivity contribution >= 4 is 29.7 Å². The van der Waals surface area contributed by atoms with E-state index in [1.54, 1.807) is 6.20 Å². The molecule has 0 spiro atoms. The van der Waals surface area contributed by atoms with Crippen LogP contribution in [-0.4, -0.2) is 69.0 Å². The van der Waals surface area contributed by atoms with E-state index in [-0.39, 0.29) is 84.0 Å². The van der Waals surface area contributed by atoms with Crippen molar-refractivity contribution in [3.8, 4) is 0 Å². The van der Waals surface area contributed by atoms with Crippen molar-refractivity contribution in [2.45, 2.75) is 138 Å². The van der Waals surface area contributed by atoms with Crippen LogP contribution in [-0.2, 0) is 41.7 Å².